The average molecular weight is 312 g/mol. The topological polar surface area (TPSA) is 62.1 Å². The van der Waals surface area contributed by atoms with Crippen LogP contribution in [0.3, 0.4) is 0 Å². The van der Waals surface area contributed by atoms with Crippen LogP contribution in [0.1, 0.15) is 17.0 Å². The molecular weight excluding hydrogens is 298 g/mol. The van der Waals surface area contributed by atoms with Crippen LogP contribution in [-0.2, 0) is 13.1 Å². The number of nitrogens with one attached hydrogen (secondary N) is 1. The molecule has 0 aliphatic rings. The first-order valence-corrected chi connectivity index (χ1v) is 6.32. The minimum atomic E-state index is -0.518. The smallest absolute Gasteiger partial charge is 0.391 e. The predicted molar refractivity (Wildman–Crippen MR) is 71.2 cm³/mol. The molecule has 0 radical (unpaired) electrons. The zero-order valence-corrected chi connectivity index (χ0v) is 11.8. The van der Waals surface area contributed by atoms with Crippen LogP contribution in [0.2, 0.25) is 0 Å². The van der Waals surface area contributed by atoms with Gasteiger partial charge in [0.25, 0.3) is 0 Å². The molecule has 5 nitrogen and oxygen atoms in total. The minimum absolute atomic E-state index is 0.395. The Bertz CT molecular complexity index is 591. The third kappa shape index (κ3) is 3.08. The van der Waals surface area contributed by atoms with E-state index in [-0.39, 0.29) is 0 Å². The van der Waals surface area contributed by atoms with Crippen LogP contribution in [0, 0.1) is 6.92 Å². The maximum atomic E-state index is 10.8. The maximum absolute atomic E-state index is 10.8. The molecule has 96 valence electrons. The number of nitrogens with zero attached hydrogens (tertiary/aromatic N) is 2. The van der Waals surface area contributed by atoms with Gasteiger partial charge in [-0.25, -0.2) is 9.89 Å². The zero-order valence-electron chi connectivity index (χ0n) is 10.2. The third-order valence-corrected chi connectivity index (χ3v) is 3.73. The second kappa shape index (κ2) is 5.49. The average Bonchev–Trinajstić information content (AvgIpc) is 2.70. The van der Waals surface area contributed by atoms with Gasteiger partial charge in [-0.15, -0.1) is 5.10 Å². The first-order chi connectivity index (χ1) is 8.56. The Morgan fingerprint density at radius 3 is 2.89 bits per heavy atom. The van der Waals surface area contributed by atoms with Crippen molar-refractivity contribution >= 4 is 15.9 Å². The summed E-state index contributed by atoms with van der Waals surface area (Å²) in [6.07, 6.45) is 0. The predicted octanol–water partition coefficient (Wildman–Crippen LogP) is 2.07. The van der Waals surface area contributed by atoms with E-state index in [1.807, 2.05) is 18.0 Å². The van der Waals surface area contributed by atoms with E-state index in [2.05, 4.69) is 45.2 Å². The molecule has 0 bridgehead atoms. The molecule has 0 fully saturated rings. The van der Waals surface area contributed by atoms with Crippen LogP contribution in [0.15, 0.2) is 31.9 Å². The van der Waals surface area contributed by atoms with E-state index in [4.69, 9.17) is 4.42 Å². The Morgan fingerprint density at radius 2 is 2.22 bits per heavy atom. The zero-order chi connectivity index (χ0) is 13.1. The van der Waals surface area contributed by atoms with E-state index in [9.17, 15) is 4.79 Å². The quantitative estimate of drug-likeness (QED) is 0.939. The van der Waals surface area contributed by atoms with Gasteiger partial charge < -0.3 is 4.42 Å². The lowest BCUT2D eigenvalue weighted by Gasteiger charge is -2.16. The molecule has 0 aliphatic heterocycles. The van der Waals surface area contributed by atoms with Gasteiger partial charge in [0.15, 0.2) is 0 Å². The highest BCUT2D eigenvalue weighted by atomic mass is 79.9. The highest BCUT2D eigenvalue weighted by Crippen LogP contribution is 2.22. The molecule has 1 aromatic carbocycles. The third-order valence-electron chi connectivity index (χ3n) is 2.60. The summed E-state index contributed by atoms with van der Waals surface area (Å²) in [6.45, 7) is 3.29. The molecule has 1 heterocycles. The second-order valence-corrected chi connectivity index (χ2v) is 5.02. The van der Waals surface area contributed by atoms with Gasteiger partial charge in [0, 0.05) is 11.0 Å². The molecule has 0 saturated carbocycles. The number of hydrogen-bond acceptors (Lipinski definition) is 4. The van der Waals surface area contributed by atoms with Gasteiger partial charge in [-0.3, -0.25) is 4.90 Å². The number of halogens is 1. The summed E-state index contributed by atoms with van der Waals surface area (Å²) < 4.78 is 5.98. The molecule has 2 rings (SSSR count). The van der Waals surface area contributed by atoms with Gasteiger partial charge in [-0.2, -0.15) is 0 Å². The Kier molecular flexibility index (Phi) is 3.98. The molecule has 0 spiro atoms. The normalized spacial score (nSPS) is 11.1. The lowest BCUT2D eigenvalue weighted by atomic mass is 10.1. The molecular formula is C12H14BrN3O2. The Labute approximate surface area is 113 Å². The van der Waals surface area contributed by atoms with E-state index in [0.29, 0.717) is 12.4 Å². The lowest BCUT2D eigenvalue weighted by molar-refractivity contribution is 0.277. The maximum Gasteiger partial charge on any atom is 0.434 e. The number of benzene rings is 1. The number of aromatic amines is 1. The fraction of sp³-hybridized carbons (Fsp3) is 0.333. The summed E-state index contributed by atoms with van der Waals surface area (Å²) in [7, 11) is 1.95. The van der Waals surface area contributed by atoms with Gasteiger partial charge in [0.1, 0.15) is 0 Å². The second-order valence-electron chi connectivity index (χ2n) is 4.23. The van der Waals surface area contributed by atoms with Crippen LogP contribution < -0.4 is 5.76 Å². The van der Waals surface area contributed by atoms with Crippen molar-refractivity contribution in [2.75, 3.05) is 7.05 Å². The van der Waals surface area contributed by atoms with E-state index in [0.717, 1.165) is 11.0 Å². The van der Waals surface area contributed by atoms with Crippen molar-refractivity contribution in [1.82, 2.24) is 15.1 Å². The van der Waals surface area contributed by atoms with Crippen molar-refractivity contribution in [3.63, 3.8) is 0 Å². The molecule has 0 aliphatic carbocycles. The summed E-state index contributed by atoms with van der Waals surface area (Å²) in [6, 6.07) is 6.15. The first kappa shape index (κ1) is 13.0. The Balaban J connectivity index is 2.05. The molecule has 0 atom stereocenters. The molecule has 0 unspecified atom stereocenters. The van der Waals surface area contributed by atoms with Crippen molar-refractivity contribution in [2.45, 2.75) is 20.0 Å². The van der Waals surface area contributed by atoms with Gasteiger partial charge in [0.05, 0.1) is 6.54 Å². The van der Waals surface area contributed by atoms with E-state index in [1.165, 1.54) is 11.1 Å². The van der Waals surface area contributed by atoms with E-state index < -0.39 is 5.76 Å². The van der Waals surface area contributed by atoms with Gasteiger partial charge in [0.2, 0.25) is 5.89 Å². The van der Waals surface area contributed by atoms with Crippen LogP contribution in [0.5, 0.6) is 0 Å². The largest absolute Gasteiger partial charge is 0.434 e. The number of H-pyrrole nitrogens is 1. The first-order valence-electron chi connectivity index (χ1n) is 5.53. The summed E-state index contributed by atoms with van der Waals surface area (Å²) in [5.74, 6) is -0.124. The van der Waals surface area contributed by atoms with Gasteiger partial charge >= 0.3 is 5.76 Å². The molecule has 2 aromatic rings. The number of rotatable bonds is 4. The molecule has 0 saturated heterocycles. The summed E-state index contributed by atoms with van der Waals surface area (Å²) in [5.41, 5.74) is 2.39. The van der Waals surface area contributed by atoms with Gasteiger partial charge in [-0.05, 0) is 25.1 Å². The van der Waals surface area contributed by atoms with Crippen molar-refractivity contribution in [3.8, 4) is 0 Å². The van der Waals surface area contributed by atoms with E-state index in [1.54, 1.807) is 0 Å². The van der Waals surface area contributed by atoms with Crippen molar-refractivity contribution in [2.24, 2.45) is 0 Å². The minimum Gasteiger partial charge on any atom is -0.391 e. The van der Waals surface area contributed by atoms with E-state index >= 15 is 0 Å². The van der Waals surface area contributed by atoms with Crippen molar-refractivity contribution in [1.29, 1.82) is 0 Å². The fourth-order valence-corrected chi connectivity index (χ4v) is 2.13. The Hall–Kier alpha value is -1.40. The number of aromatic nitrogens is 2. The van der Waals surface area contributed by atoms with Crippen LogP contribution in [0.4, 0.5) is 0 Å². The Morgan fingerprint density at radius 1 is 1.44 bits per heavy atom. The molecule has 18 heavy (non-hydrogen) atoms. The van der Waals surface area contributed by atoms with Crippen molar-refractivity contribution in [3.05, 3.63) is 50.2 Å². The standard InChI is InChI=1S/C12H14BrN3O2/c1-8-4-3-5-9(11(8)13)6-16(2)7-10-14-15-12(17)18-10/h3-5H,6-7H2,1-2H3,(H,15,17). The molecule has 1 aromatic heterocycles. The summed E-state index contributed by atoms with van der Waals surface area (Å²) in [4.78, 5) is 12.8. The number of hydrogen-bond donors (Lipinski definition) is 1. The monoisotopic (exact) mass is 311 g/mol. The van der Waals surface area contributed by atoms with Crippen LogP contribution in [0.25, 0.3) is 0 Å². The highest BCUT2D eigenvalue weighted by Gasteiger charge is 2.09. The fourth-order valence-electron chi connectivity index (χ4n) is 1.74. The van der Waals surface area contributed by atoms with Crippen LogP contribution >= 0.6 is 15.9 Å². The summed E-state index contributed by atoms with van der Waals surface area (Å²) in [5, 5.41) is 6.03. The van der Waals surface area contributed by atoms with Crippen LogP contribution in [-0.4, -0.2) is 22.1 Å². The van der Waals surface area contributed by atoms with Crippen molar-refractivity contribution < 1.29 is 4.42 Å². The van der Waals surface area contributed by atoms with Gasteiger partial charge in [-0.1, -0.05) is 34.1 Å². The molecule has 1 N–H and O–H groups in total. The SMILES string of the molecule is Cc1cccc(CN(C)Cc2n[nH]c(=O)o2)c1Br. The number of aryl methyl sites for hydroxylation is 1. The lowest BCUT2D eigenvalue weighted by Crippen LogP contribution is -2.18. The highest BCUT2D eigenvalue weighted by molar-refractivity contribution is 9.10. The molecule has 6 heteroatoms. The molecule has 0 amide bonds. The summed E-state index contributed by atoms with van der Waals surface area (Å²) >= 11 is 3.58.